The molecule has 0 radical (unpaired) electrons. The van der Waals surface area contributed by atoms with E-state index in [2.05, 4.69) is 13.8 Å². The summed E-state index contributed by atoms with van der Waals surface area (Å²) in [4.78, 5) is 11.8. The molecule has 12 atom stereocenters. The summed E-state index contributed by atoms with van der Waals surface area (Å²) < 4.78 is 30.4. The number of fused-ring (bicyclic) bond motifs is 2. The Morgan fingerprint density at radius 2 is 1.89 bits per heavy atom. The largest absolute Gasteiger partial charge is 0.458 e. The molecular formula is C30H44O7. The molecule has 206 valence electrons. The van der Waals surface area contributed by atoms with E-state index in [1.54, 1.807) is 13.2 Å². The maximum atomic E-state index is 11.8. The number of epoxide rings is 1. The third-order valence-electron chi connectivity index (χ3n) is 12.6. The van der Waals surface area contributed by atoms with E-state index in [0.717, 1.165) is 32.1 Å². The van der Waals surface area contributed by atoms with Crippen molar-refractivity contribution in [1.29, 1.82) is 0 Å². The van der Waals surface area contributed by atoms with E-state index >= 15 is 0 Å². The summed E-state index contributed by atoms with van der Waals surface area (Å²) in [6.07, 6.45) is 11.4. The fraction of sp³-hybridized carbons (Fsp3) is 0.900. The van der Waals surface area contributed by atoms with Gasteiger partial charge in [0.25, 0.3) is 0 Å². The van der Waals surface area contributed by atoms with E-state index < -0.39 is 6.10 Å². The number of ether oxygens (including phenoxy) is 5. The van der Waals surface area contributed by atoms with Crippen LogP contribution in [0.2, 0.25) is 0 Å². The zero-order valence-corrected chi connectivity index (χ0v) is 22.9. The maximum absolute atomic E-state index is 11.8. The molecule has 37 heavy (non-hydrogen) atoms. The quantitative estimate of drug-likeness (QED) is 0.339. The maximum Gasteiger partial charge on any atom is 0.331 e. The van der Waals surface area contributed by atoms with Gasteiger partial charge in [-0.3, -0.25) is 0 Å². The second-order valence-corrected chi connectivity index (χ2v) is 13.8. The Hall–Kier alpha value is -0.990. The molecule has 0 aromatic rings. The summed E-state index contributed by atoms with van der Waals surface area (Å²) in [5.41, 5.74) is 1.57. The van der Waals surface area contributed by atoms with E-state index in [4.69, 9.17) is 23.7 Å². The predicted octanol–water partition coefficient (Wildman–Crippen LogP) is 4.30. The molecule has 0 unspecified atom stereocenters. The van der Waals surface area contributed by atoms with Crippen LogP contribution in [0.25, 0.3) is 0 Å². The van der Waals surface area contributed by atoms with Crippen LogP contribution >= 0.6 is 0 Å². The van der Waals surface area contributed by atoms with Crippen LogP contribution in [-0.4, -0.2) is 66.7 Å². The first kappa shape index (κ1) is 25.0. The molecule has 7 heteroatoms. The van der Waals surface area contributed by atoms with Crippen molar-refractivity contribution in [2.24, 2.45) is 28.6 Å². The zero-order chi connectivity index (χ0) is 25.8. The number of hydrogen-bond donors (Lipinski definition) is 1. The molecule has 4 aliphatic carbocycles. The standard InChI is InChI=1S/C30H44O7/c1-17-26(32)22(33-4)15-25(35-17)36-20-6-9-27(2)19(14-20)5-11-29-23(27)8-10-28(3)21(7-12-30(28,29)37-29)18-13-24(31)34-16-18/h13,17,19-23,25-26,32H,5-12,14-16H2,1-4H3/t17-,19+,20+,21-,22-,23-,25+,26+,27+,28-,29+,30-/m1/s1. The lowest BCUT2D eigenvalue weighted by atomic mass is 9.44. The first-order valence-corrected chi connectivity index (χ1v) is 14.7. The van der Waals surface area contributed by atoms with Crippen LogP contribution in [0.4, 0.5) is 0 Å². The van der Waals surface area contributed by atoms with Gasteiger partial charge >= 0.3 is 5.97 Å². The summed E-state index contributed by atoms with van der Waals surface area (Å²) in [6.45, 7) is 7.37. The molecule has 4 saturated carbocycles. The summed E-state index contributed by atoms with van der Waals surface area (Å²) in [6, 6.07) is 0. The lowest BCUT2D eigenvalue weighted by Gasteiger charge is -2.58. The van der Waals surface area contributed by atoms with Crippen molar-refractivity contribution in [2.75, 3.05) is 13.7 Å². The van der Waals surface area contributed by atoms with E-state index in [0.29, 0.717) is 30.8 Å². The molecule has 7 rings (SSSR count). The third-order valence-corrected chi connectivity index (χ3v) is 12.6. The molecule has 0 amide bonds. The van der Waals surface area contributed by atoms with Crippen molar-refractivity contribution in [1.82, 2.24) is 0 Å². The van der Waals surface area contributed by atoms with Gasteiger partial charge in [0.05, 0.1) is 18.3 Å². The minimum atomic E-state index is -0.606. The smallest absolute Gasteiger partial charge is 0.331 e. The number of carbonyl (C=O) groups is 1. The van der Waals surface area contributed by atoms with Gasteiger partial charge in [0, 0.05) is 25.0 Å². The third kappa shape index (κ3) is 3.27. The predicted molar refractivity (Wildman–Crippen MR) is 134 cm³/mol. The summed E-state index contributed by atoms with van der Waals surface area (Å²) >= 11 is 0. The van der Waals surface area contributed by atoms with Crippen molar-refractivity contribution in [3.05, 3.63) is 11.6 Å². The zero-order valence-electron chi connectivity index (χ0n) is 22.9. The molecule has 0 aromatic carbocycles. The lowest BCUT2D eigenvalue weighted by Crippen LogP contribution is -2.59. The van der Waals surface area contributed by atoms with E-state index in [9.17, 15) is 9.90 Å². The van der Waals surface area contributed by atoms with Crippen molar-refractivity contribution < 1.29 is 33.6 Å². The molecule has 2 saturated heterocycles. The molecule has 7 nitrogen and oxygen atoms in total. The van der Waals surface area contributed by atoms with Gasteiger partial charge in [0.15, 0.2) is 6.29 Å². The Kier molecular flexibility index (Phi) is 5.58. The number of aliphatic hydroxyl groups is 1. The second kappa shape index (κ2) is 8.26. The monoisotopic (exact) mass is 516 g/mol. The molecule has 0 bridgehead atoms. The molecule has 0 aromatic heterocycles. The Balaban J connectivity index is 1.06. The lowest BCUT2D eigenvalue weighted by molar-refractivity contribution is -0.271. The second-order valence-electron chi connectivity index (χ2n) is 13.8. The fourth-order valence-corrected chi connectivity index (χ4v) is 10.6. The summed E-state index contributed by atoms with van der Waals surface area (Å²) in [5.74, 6) is 1.47. The van der Waals surface area contributed by atoms with Gasteiger partial charge in [-0.25, -0.2) is 4.79 Å². The van der Waals surface area contributed by atoms with Crippen LogP contribution in [0.3, 0.4) is 0 Å². The van der Waals surface area contributed by atoms with Crippen molar-refractivity contribution in [2.45, 2.75) is 127 Å². The molecule has 3 heterocycles. The number of rotatable bonds is 4. The first-order valence-electron chi connectivity index (χ1n) is 14.7. The molecule has 2 spiro atoms. The highest BCUT2D eigenvalue weighted by Crippen LogP contribution is 2.81. The Labute approximate surface area is 220 Å². The first-order chi connectivity index (χ1) is 17.7. The van der Waals surface area contributed by atoms with Crippen LogP contribution in [0, 0.1) is 28.6 Å². The normalized spacial score (nSPS) is 56.5. The van der Waals surface area contributed by atoms with Gasteiger partial charge in [-0.05, 0) is 93.5 Å². The average Bonchev–Trinajstić information content (AvgIpc) is 3.18. The van der Waals surface area contributed by atoms with Gasteiger partial charge < -0.3 is 28.8 Å². The van der Waals surface area contributed by atoms with Gasteiger partial charge in [-0.1, -0.05) is 13.8 Å². The Morgan fingerprint density at radius 1 is 1.05 bits per heavy atom. The number of esters is 1. The molecule has 3 aliphatic heterocycles. The van der Waals surface area contributed by atoms with Crippen LogP contribution in [0.1, 0.15) is 85.0 Å². The Bertz CT molecular complexity index is 996. The van der Waals surface area contributed by atoms with Crippen molar-refractivity contribution in [3.63, 3.8) is 0 Å². The van der Waals surface area contributed by atoms with E-state index in [1.165, 1.54) is 31.3 Å². The average molecular weight is 517 g/mol. The van der Waals surface area contributed by atoms with Crippen LogP contribution in [0.15, 0.2) is 11.6 Å². The van der Waals surface area contributed by atoms with Crippen LogP contribution in [-0.2, 0) is 28.5 Å². The summed E-state index contributed by atoms with van der Waals surface area (Å²) in [7, 11) is 1.65. The van der Waals surface area contributed by atoms with E-state index in [-0.39, 0.29) is 52.6 Å². The van der Waals surface area contributed by atoms with Gasteiger partial charge in [0.1, 0.15) is 23.9 Å². The van der Waals surface area contributed by atoms with Crippen molar-refractivity contribution >= 4 is 5.97 Å². The molecule has 1 N–H and O–H groups in total. The molecular weight excluding hydrogens is 472 g/mol. The van der Waals surface area contributed by atoms with Crippen LogP contribution < -0.4 is 0 Å². The highest BCUT2D eigenvalue weighted by Gasteiger charge is 2.86. The minimum absolute atomic E-state index is 0.0153. The Morgan fingerprint density at radius 3 is 2.65 bits per heavy atom. The number of hydrogen-bond acceptors (Lipinski definition) is 7. The highest BCUT2D eigenvalue weighted by molar-refractivity contribution is 5.85. The van der Waals surface area contributed by atoms with E-state index in [1.807, 2.05) is 6.92 Å². The molecule has 6 fully saturated rings. The summed E-state index contributed by atoms with van der Waals surface area (Å²) in [5, 5.41) is 10.3. The number of cyclic esters (lactones) is 1. The number of methoxy groups -OCH3 is 1. The van der Waals surface area contributed by atoms with Crippen LogP contribution in [0.5, 0.6) is 0 Å². The van der Waals surface area contributed by atoms with Crippen molar-refractivity contribution in [3.8, 4) is 0 Å². The fourth-order valence-electron chi connectivity index (χ4n) is 10.6. The topological polar surface area (TPSA) is 86.8 Å². The number of carbonyl (C=O) groups excluding carboxylic acids is 1. The van der Waals surface area contributed by atoms with Gasteiger partial charge in [0.2, 0.25) is 0 Å². The minimum Gasteiger partial charge on any atom is -0.458 e. The van der Waals surface area contributed by atoms with Gasteiger partial charge in [-0.15, -0.1) is 0 Å². The SMILES string of the molecule is CO[C@@H]1C[C@H](O[C@H]2CC[C@@]3(C)[C@@H](CC[C@@]45O[C@@]46CC[C@H](C4=CC(=O)OC4)[C@@]6(C)CC[C@H]35)C2)O[C@H](C)[C@@H]1O. The molecule has 7 aliphatic rings. The van der Waals surface area contributed by atoms with Gasteiger partial charge in [-0.2, -0.15) is 0 Å². The number of aliphatic hydroxyl groups excluding tert-OH is 1. The highest BCUT2D eigenvalue weighted by atomic mass is 16.7.